The minimum Gasteiger partial charge on any atom is -0.461 e. The lowest BCUT2D eigenvalue weighted by Gasteiger charge is -2.46. The standard InChI is InChI=1S/C23H27NO9/c1-2-31-22(28)23(24(29)30)20(27)17(25)19(32-13-15-9-5-3-6-10-15)18(26)21(23)33-14-16-11-7-4-8-12-16/h3-12,17-21,25-27H,2,13-14H2,1H3/t17-,18+,19-,20-,21+,23+/m1/s1. The molecule has 10 heteroatoms. The zero-order chi connectivity index (χ0) is 24.0. The summed E-state index contributed by atoms with van der Waals surface area (Å²) < 4.78 is 16.2. The van der Waals surface area contributed by atoms with Crippen LogP contribution < -0.4 is 0 Å². The monoisotopic (exact) mass is 461 g/mol. The van der Waals surface area contributed by atoms with Crippen molar-refractivity contribution >= 4 is 5.97 Å². The Kier molecular flexibility index (Phi) is 8.11. The number of aliphatic hydroxyl groups is 3. The van der Waals surface area contributed by atoms with Crippen molar-refractivity contribution in [3.8, 4) is 0 Å². The van der Waals surface area contributed by atoms with Gasteiger partial charge in [-0.2, -0.15) is 0 Å². The van der Waals surface area contributed by atoms with Gasteiger partial charge in [-0.1, -0.05) is 60.7 Å². The molecule has 178 valence electrons. The molecule has 0 unspecified atom stereocenters. The van der Waals surface area contributed by atoms with E-state index in [0.717, 1.165) is 0 Å². The Labute approximate surface area is 190 Å². The molecule has 1 aliphatic carbocycles. The first-order valence-electron chi connectivity index (χ1n) is 10.5. The van der Waals surface area contributed by atoms with Crippen LogP contribution in [-0.2, 0) is 32.2 Å². The predicted molar refractivity (Wildman–Crippen MR) is 114 cm³/mol. The van der Waals surface area contributed by atoms with Crippen molar-refractivity contribution in [2.75, 3.05) is 6.61 Å². The average molecular weight is 461 g/mol. The van der Waals surface area contributed by atoms with Crippen LogP contribution in [0.3, 0.4) is 0 Å². The smallest absolute Gasteiger partial charge is 0.390 e. The lowest BCUT2D eigenvalue weighted by molar-refractivity contribution is -0.593. The summed E-state index contributed by atoms with van der Waals surface area (Å²) in [5.74, 6) is -1.42. The largest absolute Gasteiger partial charge is 0.461 e. The molecule has 0 aromatic heterocycles. The van der Waals surface area contributed by atoms with E-state index in [9.17, 15) is 30.2 Å². The molecule has 0 saturated heterocycles. The van der Waals surface area contributed by atoms with Crippen molar-refractivity contribution in [3.05, 3.63) is 81.9 Å². The molecule has 3 N–H and O–H groups in total. The number of nitrogens with zero attached hydrogens (tertiary/aromatic N) is 1. The van der Waals surface area contributed by atoms with Crippen LogP contribution >= 0.6 is 0 Å². The number of benzene rings is 2. The van der Waals surface area contributed by atoms with Gasteiger partial charge >= 0.3 is 11.5 Å². The van der Waals surface area contributed by atoms with Crippen LogP contribution in [0, 0.1) is 10.1 Å². The van der Waals surface area contributed by atoms with E-state index in [1.165, 1.54) is 6.92 Å². The lowest BCUT2D eigenvalue weighted by atomic mass is 9.72. The van der Waals surface area contributed by atoms with Gasteiger partial charge in [0.1, 0.15) is 18.3 Å². The van der Waals surface area contributed by atoms with Crippen LogP contribution in [-0.4, -0.2) is 68.9 Å². The fourth-order valence-corrected chi connectivity index (χ4v) is 3.96. The number of esters is 1. The van der Waals surface area contributed by atoms with E-state index in [-0.39, 0.29) is 19.8 Å². The molecule has 1 aliphatic rings. The highest BCUT2D eigenvalue weighted by atomic mass is 16.7. The quantitative estimate of drug-likeness (QED) is 0.280. The molecule has 0 heterocycles. The topological polar surface area (TPSA) is 149 Å². The van der Waals surface area contributed by atoms with Crippen molar-refractivity contribution in [1.29, 1.82) is 0 Å². The van der Waals surface area contributed by atoms with E-state index in [1.807, 2.05) is 0 Å². The maximum atomic E-state index is 12.8. The zero-order valence-corrected chi connectivity index (χ0v) is 18.0. The number of hydrogen-bond donors (Lipinski definition) is 3. The van der Waals surface area contributed by atoms with Crippen LogP contribution in [0.1, 0.15) is 18.1 Å². The summed E-state index contributed by atoms with van der Waals surface area (Å²) in [4.78, 5) is 23.9. The first kappa shape index (κ1) is 24.7. The Morgan fingerprint density at radius 3 is 1.94 bits per heavy atom. The number of aliphatic hydroxyl groups excluding tert-OH is 3. The highest BCUT2D eigenvalue weighted by Crippen LogP contribution is 2.38. The van der Waals surface area contributed by atoms with Gasteiger partial charge in [-0.3, -0.25) is 10.1 Å². The molecule has 2 aromatic carbocycles. The molecule has 0 amide bonds. The predicted octanol–water partition coefficient (Wildman–Crippen LogP) is 0.832. The van der Waals surface area contributed by atoms with E-state index < -0.39 is 47.0 Å². The second kappa shape index (κ2) is 10.8. The Balaban J connectivity index is 1.95. The summed E-state index contributed by atoms with van der Waals surface area (Å²) in [6, 6.07) is 17.5. The number of carbonyl (C=O) groups is 1. The van der Waals surface area contributed by atoms with Crippen molar-refractivity contribution < 1.29 is 39.2 Å². The fourth-order valence-electron chi connectivity index (χ4n) is 3.96. The van der Waals surface area contributed by atoms with Crippen molar-refractivity contribution in [1.82, 2.24) is 0 Å². The van der Waals surface area contributed by atoms with Gasteiger partial charge in [-0.25, -0.2) is 4.79 Å². The molecule has 10 nitrogen and oxygen atoms in total. The fraction of sp³-hybridized carbons (Fsp3) is 0.435. The maximum Gasteiger partial charge on any atom is 0.390 e. The molecule has 0 aliphatic heterocycles. The Morgan fingerprint density at radius 1 is 0.939 bits per heavy atom. The number of ether oxygens (including phenoxy) is 3. The normalized spacial score (nSPS) is 29.4. The average Bonchev–Trinajstić information content (AvgIpc) is 2.81. The van der Waals surface area contributed by atoms with Gasteiger partial charge in [-0.05, 0) is 18.1 Å². The summed E-state index contributed by atoms with van der Waals surface area (Å²) >= 11 is 0. The second-order valence-electron chi connectivity index (χ2n) is 7.71. The first-order valence-corrected chi connectivity index (χ1v) is 10.5. The third-order valence-corrected chi connectivity index (χ3v) is 5.65. The molecule has 1 fully saturated rings. The van der Waals surface area contributed by atoms with Crippen molar-refractivity contribution in [2.24, 2.45) is 0 Å². The Hall–Kier alpha value is -2.89. The SMILES string of the molecule is CCOC(=O)[C@]1([N+](=O)[O-])[C@H](O)[C@H](O)[C@@H](OCc2ccccc2)[C@H](O)[C@@H]1OCc1ccccc1. The maximum absolute atomic E-state index is 12.8. The van der Waals surface area contributed by atoms with Gasteiger partial charge in [0, 0.05) is 4.92 Å². The number of rotatable bonds is 9. The minimum absolute atomic E-state index is 0.0530. The Bertz CT molecular complexity index is 926. The molecular formula is C23H27NO9. The molecule has 2 aromatic rings. The molecule has 33 heavy (non-hydrogen) atoms. The molecule has 0 radical (unpaired) electrons. The van der Waals surface area contributed by atoms with Crippen LogP contribution in [0.25, 0.3) is 0 Å². The number of hydrogen-bond acceptors (Lipinski definition) is 9. The number of nitro groups is 1. The summed E-state index contributed by atoms with van der Waals surface area (Å²) in [5.41, 5.74) is -1.63. The van der Waals surface area contributed by atoms with Gasteiger partial charge in [0.25, 0.3) is 0 Å². The highest BCUT2D eigenvalue weighted by Gasteiger charge is 2.74. The van der Waals surface area contributed by atoms with E-state index in [0.29, 0.717) is 11.1 Å². The van der Waals surface area contributed by atoms with E-state index in [1.54, 1.807) is 60.7 Å². The number of carbonyl (C=O) groups excluding carboxylic acids is 1. The summed E-state index contributed by atoms with van der Waals surface area (Å²) in [6.07, 6.45) is -9.40. The van der Waals surface area contributed by atoms with Gasteiger partial charge in [0.05, 0.1) is 19.8 Å². The molecule has 0 bridgehead atoms. The van der Waals surface area contributed by atoms with Gasteiger partial charge < -0.3 is 29.5 Å². The van der Waals surface area contributed by atoms with Crippen LogP contribution in [0.15, 0.2) is 60.7 Å². The molecule has 3 rings (SSSR count). The Morgan fingerprint density at radius 2 is 1.45 bits per heavy atom. The lowest BCUT2D eigenvalue weighted by Crippen LogP contribution is -2.77. The van der Waals surface area contributed by atoms with Gasteiger partial charge in [-0.15, -0.1) is 0 Å². The molecule has 1 saturated carbocycles. The highest BCUT2D eigenvalue weighted by molar-refractivity contribution is 5.81. The summed E-state index contributed by atoms with van der Waals surface area (Å²) in [5, 5.41) is 44.8. The molecule has 0 spiro atoms. The van der Waals surface area contributed by atoms with E-state index >= 15 is 0 Å². The molecule has 6 atom stereocenters. The van der Waals surface area contributed by atoms with E-state index in [4.69, 9.17) is 14.2 Å². The van der Waals surface area contributed by atoms with Gasteiger partial charge in [0.15, 0.2) is 12.2 Å². The third kappa shape index (κ3) is 4.90. The zero-order valence-electron chi connectivity index (χ0n) is 18.0. The molecular weight excluding hydrogens is 434 g/mol. The minimum atomic E-state index is -2.96. The van der Waals surface area contributed by atoms with E-state index in [2.05, 4.69) is 0 Å². The van der Waals surface area contributed by atoms with Crippen molar-refractivity contribution in [2.45, 2.75) is 56.2 Å². The van der Waals surface area contributed by atoms with Crippen LogP contribution in [0.2, 0.25) is 0 Å². The van der Waals surface area contributed by atoms with Crippen LogP contribution in [0.4, 0.5) is 0 Å². The van der Waals surface area contributed by atoms with Crippen LogP contribution in [0.5, 0.6) is 0 Å². The third-order valence-electron chi connectivity index (χ3n) is 5.65. The first-order chi connectivity index (χ1) is 15.8. The summed E-state index contributed by atoms with van der Waals surface area (Å²) in [6.45, 7) is 0.973. The second-order valence-corrected chi connectivity index (χ2v) is 7.71. The summed E-state index contributed by atoms with van der Waals surface area (Å²) in [7, 11) is 0. The van der Waals surface area contributed by atoms with Gasteiger partial charge in [0.2, 0.25) is 0 Å². The van der Waals surface area contributed by atoms with Crippen molar-refractivity contribution in [3.63, 3.8) is 0 Å².